The quantitative estimate of drug-likeness (QED) is 0.565. The Balaban J connectivity index is 2.74. The van der Waals surface area contributed by atoms with Gasteiger partial charge in [-0.25, -0.2) is 0 Å². The van der Waals surface area contributed by atoms with Crippen LogP contribution in [0, 0.1) is 0 Å². The van der Waals surface area contributed by atoms with Crippen LogP contribution in [0.25, 0.3) is 0 Å². The Morgan fingerprint density at radius 3 is 2.36 bits per heavy atom. The van der Waals surface area contributed by atoms with E-state index in [1.54, 1.807) is 24.3 Å². The Morgan fingerprint density at radius 2 is 1.93 bits per heavy atom. The fraction of sp³-hybridized carbons (Fsp3) is 0.222. The lowest BCUT2D eigenvalue weighted by molar-refractivity contribution is 0.181. The van der Waals surface area contributed by atoms with E-state index < -0.39 is 5.38 Å². The van der Waals surface area contributed by atoms with Gasteiger partial charge < -0.3 is 4.74 Å². The topological polar surface area (TPSA) is 21.6 Å². The van der Waals surface area contributed by atoms with Crippen LogP contribution in [-0.2, 0) is 0 Å². The first-order chi connectivity index (χ1) is 6.51. The van der Waals surface area contributed by atoms with Crippen molar-refractivity contribution in [3.63, 3.8) is 0 Å². The summed E-state index contributed by atoms with van der Waals surface area (Å²) in [4.78, 5) is 3.49. The summed E-state index contributed by atoms with van der Waals surface area (Å²) in [5, 5.41) is -3.40. The van der Waals surface area contributed by atoms with Gasteiger partial charge >= 0.3 is 5.38 Å². The highest BCUT2D eigenvalue weighted by molar-refractivity contribution is 6.29. The second kappa shape index (κ2) is 4.37. The molecule has 76 valence electrons. The Labute approximate surface area is 85.2 Å². The van der Waals surface area contributed by atoms with Crippen molar-refractivity contribution in [3.05, 3.63) is 24.3 Å². The predicted molar refractivity (Wildman–Crippen MR) is 51.9 cm³/mol. The van der Waals surface area contributed by atoms with Crippen LogP contribution in [0.15, 0.2) is 29.3 Å². The molecule has 0 spiro atoms. The first kappa shape index (κ1) is 10.9. The molecule has 1 aromatic carbocycles. The van der Waals surface area contributed by atoms with Crippen LogP contribution in [-0.4, -0.2) is 18.7 Å². The number of nitrogens with zero attached hydrogens (tertiary/aromatic N) is 1. The van der Waals surface area contributed by atoms with Gasteiger partial charge in [0.1, 0.15) is 5.75 Å². The van der Waals surface area contributed by atoms with E-state index in [4.69, 9.17) is 4.74 Å². The van der Waals surface area contributed by atoms with Crippen molar-refractivity contribution in [2.24, 2.45) is 4.99 Å². The van der Waals surface area contributed by atoms with Crippen molar-refractivity contribution in [2.75, 3.05) is 7.11 Å². The van der Waals surface area contributed by atoms with E-state index in [2.05, 4.69) is 16.6 Å². The molecule has 0 aliphatic rings. The van der Waals surface area contributed by atoms with E-state index >= 15 is 0 Å². The largest absolute Gasteiger partial charge is 0.497 e. The maximum Gasteiger partial charge on any atom is 0.358 e. The lowest BCUT2D eigenvalue weighted by atomic mass is 10.3. The van der Waals surface area contributed by atoms with E-state index in [-0.39, 0.29) is 0 Å². The van der Waals surface area contributed by atoms with Gasteiger partial charge in [0.05, 0.1) is 19.0 Å². The molecule has 0 aliphatic heterocycles. The van der Waals surface area contributed by atoms with Crippen LogP contribution >= 0.6 is 11.6 Å². The highest BCUT2D eigenvalue weighted by Gasteiger charge is 2.20. The fourth-order valence-electron chi connectivity index (χ4n) is 0.816. The molecule has 1 aromatic rings. The van der Waals surface area contributed by atoms with Gasteiger partial charge in [-0.2, -0.15) is 8.78 Å². The third-order valence-electron chi connectivity index (χ3n) is 1.43. The molecule has 0 saturated heterocycles. The maximum atomic E-state index is 12.1. The molecule has 2 nitrogen and oxygen atoms in total. The molecule has 0 fully saturated rings. The van der Waals surface area contributed by atoms with E-state index in [0.29, 0.717) is 17.7 Å². The number of benzene rings is 1. The standard InChI is InChI=1S/C9H8ClF2NO/c1-14-8-4-2-7(3-5-8)13-6-9(10,11)12/h2-6H,1H3. The smallest absolute Gasteiger partial charge is 0.358 e. The Kier molecular flexibility index (Phi) is 3.41. The molecule has 0 bridgehead atoms. The van der Waals surface area contributed by atoms with Gasteiger partial charge in [0.2, 0.25) is 0 Å². The maximum absolute atomic E-state index is 12.1. The van der Waals surface area contributed by atoms with Gasteiger partial charge in [-0.1, -0.05) is 0 Å². The first-order valence-electron chi connectivity index (χ1n) is 3.77. The van der Waals surface area contributed by atoms with Crippen molar-refractivity contribution in [3.8, 4) is 5.75 Å². The molecule has 0 amide bonds. The minimum atomic E-state index is -3.40. The highest BCUT2D eigenvalue weighted by Crippen LogP contribution is 2.20. The zero-order valence-electron chi connectivity index (χ0n) is 7.38. The summed E-state index contributed by atoms with van der Waals surface area (Å²) in [6.45, 7) is 0. The second-order valence-corrected chi connectivity index (χ2v) is 3.00. The third-order valence-corrected chi connectivity index (χ3v) is 1.53. The summed E-state index contributed by atoms with van der Waals surface area (Å²) in [5.74, 6) is 0.640. The average Bonchev–Trinajstić information content (AvgIpc) is 2.14. The Hall–Kier alpha value is -1.16. The molecule has 0 atom stereocenters. The molecule has 0 unspecified atom stereocenters. The van der Waals surface area contributed by atoms with Gasteiger partial charge in [0, 0.05) is 0 Å². The van der Waals surface area contributed by atoms with Gasteiger partial charge in [-0.3, -0.25) is 4.99 Å². The SMILES string of the molecule is COc1ccc(N=CC(F)(F)Cl)cc1. The molecule has 0 radical (unpaired) electrons. The first-order valence-corrected chi connectivity index (χ1v) is 4.15. The number of alkyl halides is 3. The van der Waals surface area contributed by atoms with Crippen molar-refractivity contribution >= 4 is 23.5 Å². The molecule has 0 N–H and O–H groups in total. The molecule has 0 aliphatic carbocycles. The van der Waals surface area contributed by atoms with E-state index in [1.807, 2.05) is 0 Å². The minimum Gasteiger partial charge on any atom is -0.497 e. The molecular weight excluding hydrogens is 212 g/mol. The van der Waals surface area contributed by atoms with Gasteiger partial charge in [-0.15, -0.1) is 0 Å². The number of methoxy groups -OCH3 is 1. The summed E-state index contributed by atoms with van der Waals surface area (Å²) in [6.07, 6.45) is 0.385. The molecule has 0 aromatic heterocycles. The van der Waals surface area contributed by atoms with Crippen molar-refractivity contribution in [2.45, 2.75) is 5.38 Å². The summed E-state index contributed by atoms with van der Waals surface area (Å²) in [5.41, 5.74) is 0.395. The number of halogens is 3. The van der Waals surface area contributed by atoms with Crippen LogP contribution in [0.3, 0.4) is 0 Å². The van der Waals surface area contributed by atoms with Crippen molar-refractivity contribution in [1.29, 1.82) is 0 Å². The van der Waals surface area contributed by atoms with E-state index in [0.717, 1.165) is 0 Å². The predicted octanol–water partition coefficient (Wildman–Crippen LogP) is 3.23. The third kappa shape index (κ3) is 3.70. The van der Waals surface area contributed by atoms with E-state index in [1.165, 1.54) is 7.11 Å². The summed E-state index contributed by atoms with van der Waals surface area (Å²) in [6, 6.07) is 6.36. The number of hydrogen-bond acceptors (Lipinski definition) is 2. The zero-order valence-corrected chi connectivity index (χ0v) is 8.13. The fourth-order valence-corrected chi connectivity index (χ4v) is 0.865. The summed E-state index contributed by atoms with van der Waals surface area (Å²) >= 11 is 4.63. The van der Waals surface area contributed by atoms with Gasteiger partial charge in [0.15, 0.2) is 0 Å². The molecule has 0 saturated carbocycles. The molecule has 1 rings (SSSR count). The minimum absolute atomic E-state index is 0.385. The van der Waals surface area contributed by atoms with Crippen molar-refractivity contribution < 1.29 is 13.5 Å². The lowest BCUT2D eigenvalue weighted by Crippen LogP contribution is -2.05. The average molecular weight is 220 g/mol. The van der Waals surface area contributed by atoms with Crippen LogP contribution in [0.2, 0.25) is 0 Å². The van der Waals surface area contributed by atoms with Gasteiger partial charge in [0.25, 0.3) is 0 Å². The Bertz CT molecular complexity index is 319. The van der Waals surface area contributed by atoms with Gasteiger partial charge in [-0.05, 0) is 35.9 Å². The molecular formula is C9H8ClF2NO. The number of hydrogen-bond donors (Lipinski definition) is 0. The summed E-state index contributed by atoms with van der Waals surface area (Å²) < 4.78 is 29.2. The zero-order chi connectivity index (χ0) is 10.6. The van der Waals surface area contributed by atoms with Crippen molar-refractivity contribution in [1.82, 2.24) is 0 Å². The summed E-state index contributed by atoms with van der Waals surface area (Å²) in [7, 11) is 1.52. The number of rotatable bonds is 3. The Morgan fingerprint density at radius 1 is 1.36 bits per heavy atom. The van der Waals surface area contributed by atoms with E-state index in [9.17, 15) is 8.78 Å². The van der Waals surface area contributed by atoms with Crippen LogP contribution < -0.4 is 4.74 Å². The monoisotopic (exact) mass is 219 g/mol. The second-order valence-electron chi connectivity index (χ2n) is 2.50. The van der Waals surface area contributed by atoms with Crippen LogP contribution in [0.4, 0.5) is 14.5 Å². The molecule has 14 heavy (non-hydrogen) atoms. The molecule has 0 heterocycles. The number of ether oxygens (including phenoxy) is 1. The highest BCUT2D eigenvalue weighted by atomic mass is 35.5. The van der Waals surface area contributed by atoms with Crippen LogP contribution in [0.1, 0.15) is 0 Å². The van der Waals surface area contributed by atoms with Crippen LogP contribution in [0.5, 0.6) is 5.75 Å². The molecule has 5 heteroatoms. The number of aliphatic imine (C=N–C) groups is 1. The normalized spacial score (nSPS) is 12.0. The lowest BCUT2D eigenvalue weighted by Gasteiger charge is -2.00.